The van der Waals surface area contributed by atoms with Crippen molar-refractivity contribution in [1.82, 2.24) is 0 Å². The molecule has 4 nitrogen and oxygen atoms in total. The maximum atomic E-state index is 9.46. The summed E-state index contributed by atoms with van der Waals surface area (Å²) in [5, 5.41) is 9.46. The van der Waals surface area contributed by atoms with E-state index in [4.69, 9.17) is 91.6 Å². The summed E-state index contributed by atoms with van der Waals surface area (Å²) in [7, 11) is 59.9. The molecule has 0 spiro atoms. The van der Waals surface area contributed by atoms with Crippen molar-refractivity contribution in [3.05, 3.63) is 53.6 Å². The number of ether oxygens (including phenoxy) is 3. The van der Waals surface area contributed by atoms with Gasteiger partial charge in [-0.2, -0.15) is 0 Å². The Morgan fingerprint density at radius 2 is 1.09 bits per heavy atom. The van der Waals surface area contributed by atoms with Gasteiger partial charge in [-0.3, -0.25) is 0 Å². The van der Waals surface area contributed by atoms with Crippen molar-refractivity contribution >= 4 is 142 Å². The fourth-order valence-electron chi connectivity index (χ4n) is 6.22. The SMILES string of the molecule is [B]B([B])B([B])B(B([B])[B])B1CC1COc1cc(COc2cccc(CO)c2)cc(OCC2CB2B(B([B])[B])B([B])B([B])[B])c1. The van der Waals surface area contributed by atoms with Crippen LogP contribution in [0.25, 0.3) is 0 Å². The molecule has 0 bridgehead atoms. The standard InChI is InChI=1S/C20H22B20O4/c21-33(22)37(29)39(35(25)26)31-8-16(31)12-43-19-5-15(11-42-18-3-1-2-14(4-18)10-41)6-20(7-19)44-13-17-9-32(17)40(36(27)28)38(30)34(23)24/h1-7,16-17,41H,8-13H2. The fraction of sp³-hybridized carbons (Fsp3) is 0.400. The molecule has 2 saturated heterocycles. The summed E-state index contributed by atoms with van der Waals surface area (Å²) < 4.78 is 18.5. The van der Waals surface area contributed by atoms with Crippen LogP contribution in [0.15, 0.2) is 42.5 Å². The van der Waals surface area contributed by atoms with Crippen LogP contribution >= 0.6 is 0 Å². The van der Waals surface area contributed by atoms with Gasteiger partial charge >= 0.3 is 0 Å². The van der Waals surface area contributed by atoms with E-state index in [9.17, 15) is 5.11 Å². The summed E-state index contributed by atoms with van der Waals surface area (Å²) in [6.07, 6.45) is -2.40. The second-order valence-electron chi connectivity index (χ2n) is 12.5. The largest absolute Gasteiger partial charge is 0.494 e. The summed E-state index contributed by atoms with van der Waals surface area (Å²) in [6, 6.07) is 13.0. The van der Waals surface area contributed by atoms with Gasteiger partial charge in [-0.25, -0.2) is 0 Å². The summed E-state index contributed by atoms with van der Waals surface area (Å²) in [5.74, 6) is 2.34. The highest BCUT2D eigenvalue weighted by atomic mass is 16.5. The van der Waals surface area contributed by atoms with Crippen LogP contribution in [-0.2, 0) is 13.2 Å². The van der Waals surface area contributed by atoms with Gasteiger partial charge in [0.25, 0.3) is 0 Å². The Kier molecular flexibility index (Phi) is 13.3. The quantitative estimate of drug-likeness (QED) is 0.199. The first-order valence-corrected chi connectivity index (χ1v) is 15.2. The molecule has 0 saturated carbocycles. The van der Waals surface area contributed by atoms with E-state index in [1.165, 1.54) is 0 Å². The van der Waals surface area contributed by atoms with E-state index in [1.54, 1.807) is 6.07 Å². The highest BCUT2D eigenvalue weighted by Crippen LogP contribution is 2.41. The second-order valence-corrected chi connectivity index (χ2v) is 12.5. The van der Waals surface area contributed by atoms with Crippen molar-refractivity contribution in [2.24, 2.45) is 0 Å². The van der Waals surface area contributed by atoms with Gasteiger partial charge in [0.05, 0.1) is 33.0 Å². The molecule has 2 unspecified atom stereocenters. The van der Waals surface area contributed by atoms with Crippen LogP contribution in [0.1, 0.15) is 11.1 Å². The zero-order chi connectivity index (χ0) is 32.1. The van der Waals surface area contributed by atoms with Gasteiger partial charge < -0.3 is 19.3 Å². The van der Waals surface area contributed by atoms with Gasteiger partial charge in [0.15, 0.2) is 0 Å². The number of rotatable bonds is 18. The molecule has 0 aromatic heterocycles. The Morgan fingerprint density at radius 1 is 0.614 bits per heavy atom. The summed E-state index contributed by atoms with van der Waals surface area (Å²) >= 11 is 0. The van der Waals surface area contributed by atoms with E-state index in [-0.39, 0.29) is 50.8 Å². The van der Waals surface area contributed by atoms with Crippen LogP contribution in [0.4, 0.5) is 0 Å². The van der Waals surface area contributed by atoms with Gasteiger partial charge in [-0.05, 0) is 47.0 Å². The molecule has 20 radical (unpaired) electrons. The minimum absolute atomic E-state index is 0.0705. The molecule has 0 aliphatic carbocycles. The molecule has 4 rings (SSSR count). The molecule has 2 aliphatic heterocycles. The number of aliphatic hydroxyl groups excluding tert-OH is 1. The topological polar surface area (TPSA) is 47.9 Å². The molecular formula is C20H22B20O4. The smallest absolute Gasteiger partial charge is 0.123 e. The van der Waals surface area contributed by atoms with E-state index in [0.717, 1.165) is 23.8 Å². The molecule has 2 heterocycles. The molecule has 2 aromatic carbocycles. The van der Waals surface area contributed by atoms with Crippen molar-refractivity contribution in [1.29, 1.82) is 0 Å². The first-order valence-electron chi connectivity index (χ1n) is 15.2. The Morgan fingerprint density at radius 3 is 1.52 bits per heavy atom. The maximum absolute atomic E-state index is 9.46. The van der Waals surface area contributed by atoms with Crippen molar-refractivity contribution in [2.45, 2.75) is 37.5 Å². The Bertz CT molecular complexity index is 1150. The van der Waals surface area contributed by atoms with Crippen LogP contribution < -0.4 is 14.2 Å². The van der Waals surface area contributed by atoms with E-state index in [0.29, 0.717) is 30.5 Å². The Balaban J connectivity index is 1.42. The van der Waals surface area contributed by atoms with E-state index in [2.05, 4.69) is 0 Å². The lowest BCUT2D eigenvalue weighted by atomic mass is 8.57. The Hall–Kier alpha value is -0.901. The first-order chi connectivity index (χ1) is 20.9. The lowest BCUT2D eigenvalue weighted by Gasteiger charge is -2.25. The van der Waals surface area contributed by atoms with Gasteiger partial charge in [0.2, 0.25) is 0 Å². The number of hydrogen-bond donors (Lipinski definition) is 1. The number of hydrogen-bond acceptors (Lipinski definition) is 4. The summed E-state index contributed by atoms with van der Waals surface area (Å²) in [6.45, 7) is 1.42. The van der Waals surface area contributed by atoms with Gasteiger partial charge in [-0.1, -0.05) is 24.8 Å². The molecule has 2 aliphatic rings. The normalized spacial score (nSPS) is 16.4. The molecule has 2 atom stereocenters. The lowest BCUT2D eigenvalue weighted by molar-refractivity contribution is 0.277. The Labute approximate surface area is 281 Å². The third kappa shape index (κ3) is 9.80. The molecule has 2 fully saturated rings. The fourth-order valence-corrected chi connectivity index (χ4v) is 6.22. The predicted molar refractivity (Wildman–Crippen MR) is 206 cm³/mol. The van der Waals surface area contributed by atoms with E-state index >= 15 is 0 Å². The average molecular weight is 543 g/mol. The third-order valence-corrected chi connectivity index (χ3v) is 8.96. The third-order valence-electron chi connectivity index (χ3n) is 8.96. The van der Waals surface area contributed by atoms with Gasteiger partial charge in [0, 0.05) is 135 Å². The van der Waals surface area contributed by atoms with Gasteiger partial charge in [0.1, 0.15) is 23.9 Å². The summed E-state index contributed by atoms with van der Waals surface area (Å²) in [4.78, 5) is 0. The molecule has 186 valence electrons. The van der Waals surface area contributed by atoms with Gasteiger partial charge in [-0.15, -0.1) is 0 Å². The van der Waals surface area contributed by atoms with Crippen LogP contribution in [0.3, 0.4) is 0 Å². The minimum Gasteiger partial charge on any atom is -0.494 e. The van der Waals surface area contributed by atoms with Crippen LogP contribution in [-0.4, -0.2) is 160 Å². The predicted octanol–water partition coefficient (Wildman–Crippen LogP) is -3.49. The summed E-state index contributed by atoms with van der Waals surface area (Å²) in [5.41, 5.74) is 1.61. The highest BCUT2D eigenvalue weighted by molar-refractivity contribution is 8.01. The maximum Gasteiger partial charge on any atom is 0.123 e. The molecule has 44 heavy (non-hydrogen) atoms. The van der Waals surface area contributed by atoms with Crippen molar-refractivity contribution < 1.29 is 19.3 Å². The van der Waals surface area contributed by atoms with E-state index < -0.39 is 38.3 Å². The number of aliphatic hydroxyl groups is 1. The van der Waals surface area contributed by atoms with Crippen LogP contribution in [0.2, 0.25) is 24.3 Å². The van der Waals surface area contributed by atoms with E-state index in [1.807, 2.05) is 36.4 Å². The zero-order valence-corrected chi connectivity index (χ0v) is 25.2. The monoisotopic (exact) mass is 546 g/mol. The van der Waals surface area contributed by atoms with Crippen molar-refractivity contribution in [3.8, 4) is 17.2 Å². The lowest BCUT2D eigenvalue weighted by Crippen LogP contribution is -2.63. The number of benzene rings is 2. The minimum atomic E-state index is -0.712. The highest BCUT2D eigenvalue weighted by Gasteiger charge is 2.51. The first kappa shape index (κ1) is 35.9. The zero-order valence-electron chi connectivity index (χ0n) is 25.2. The molecule has 0 amide bonds. The van der Waals surface area contributed by atoms with Crippen molar-refractivity contribution in [2.75, 3.05) is 13.2 Å². The molecule has 1 N–H and O–H groups in total. The molecule has 2 aromatic rings. The molecular weight excluding hydrogens is 520 g/mol. The van der Waals surface area contributed by atoms with Crippen LogP contribution in [0.5, 0.6) is 17.2 Å². The molecule has 24 heteroatoms. The van der Waals surface area contributed by atoms with Crippen molar-refractivity contribution in [3.63, 3.8) is 0 Å². The van der Waals surface area contributed by atoms with Crippen LogP contribution in [0, 0.1) is 0 Å². The second kappa shape index (κ2) is 16.3. The average Bonchev–Trinajstić information content (AvgIpc) is 3.91.